The maximum Gasteiger partial charge on any atom is 0.0952 e. The van der Waals surface area contributed by atoms with Crippen molar-refractivity contribution in [2.75, 3.05) is 0 Å². The lowest BCUT2D eigenvalue weighted by Crippen LogP contribution is -2.24. The highest BCUT2D eigenvalue weighted by molar-refractivity contribution is 9.11. The molecular weight excluding hydrogens is 200 g/mol. The summed E-state index contributed by atoms with van der Waals surface area (Å²) in [5, 5.41) is 0.236. The lowest BCUT2D eigenvalue weighted by atomic mass is 10.5. The van der Waals surface area contributed by atoms with E-state index in [1.54, 1.807) is 0 Å². The van der Waals surface area contributed by atoms with Gasteiger partial charge in [0.05, 0.1) is 3.66 Å². The van der Waals surface area contributed by atoms with Crippen molar-refractivity contribution < 1.29 is 4.21 Å². The van der Waals surface area contributed by atoms with Crippen LogP contribution in [0.4, 0.5) is 0 Å². The molecule has 9 heavy (non-hydrogen) atoms. The fourth-order valence-corrected chi connectivity index (χ4v) is 2.80. The van der Waals surface area contributed by atoms with E-state index in [1.807, 2.05) is 27.7 Å². The minimum absolute atomic E-state index is 0.235. The van der Waals surface area contributed by atoms with Crippen molar-refractivity contribution in [3.63, 3.8) is 0 Å². The molecule has 0 saturated heterocycles. The summed E-state index contributed by atoms with van der Waals surface area (Å²) in [5.74, 6) is 0. The maximum absolute atomic E-state index is 11.2. The molecule has 0 heterocycles. The van der Waals surface area contributed by atoms with Crippen LogP contribution in [0.3, 0.4) is 0 Å². The Balaban J connectivity index is 4.06. The zero-order chi connectivity index (χ0) is 7.65. The number of rotatable bonds is 2. The van der Waals surface area contributed by atoms with Gasteiger partial charge in [0.1, 0.15) is 0 Å². The molecule has 1 unspecified atom stereocenters. The van der Waals surface area contributed by atoms with Gasteiger partial charge in [0, 0.05) is 16.0 Å². The largest absolute Gasteiger partial charge is 0.258 e. The van der Waals surface area contributed by atoms with Crippen molar-refractivity contribution in [1.82, 2.24) is 0 Å². The second-order valence-electron chi connectivity index (χ2n) is 2.71. The number of halogens is 1. The molecule has 0 aliphatic rings. The first-order chi connectivity index (χ1) is 3.85. The van der Waals surface area contributed by atoms with Gasteiger partial charge in [-0.25, -0.2) is 0 Å². The van der Waals surface area contributed by atoms with Crippen LogP contribution < -0.4 is 0 Å². The summed E-state index contributed by atoms with van der Waals surface area (Å²) in [6, 6.07) is 0. The molecule has 0 fully saturated rings. The van der Waals surface area contributed by atoms with Gasteiger partial charge in [-0.1, -0.05) is 29.8 Å². The Morgan fingerprint density at radius 1 is 1.44 bits per heavy atom. The van der Waals surface area contributed by atoms with Crippen LogP contribution >= 0.6 is 15.9 Å². The number of hydrogen-bond donors (Lipinski definition) is 0. The highest BCUT2D eigenvalue weighted by atomic mass is 79.9. The van der Waals surface area contributed by atoms with Crippen molar-refractivity contribution in [1.29, 1.82) is 0 Å². The molecule has 0 aliphatic carbocycles. The Bertz CT molecular complexity index is 115. The molecule has 0 amide bonds. The van der Waals surface area contributed by atoms with Crippen LogP contribution in [0.1, 0.15) is 27.7 Å². The van der Waals surface area contributed by atoms with Crippen molar-refractivity contribution in [3.05, 3.63) is 0 Å². The fraction of sp³-hybridized carbons (Fsp3) is 1.00. The van der Waals surface area contributed by atoms with Crippen LogP contribution in [0, 0.1) is 0 Å². The van der Waals surface area contributed by atoms with Gasteiger partial charge in [-0.3, -0.25) is 4.21 Å². The van der Waals surface area contributed by atoms with Gasteiger partial charge in [0.25, 0.3) is 0 Å². The van der Waals surface area contributed by atoms with Gasteiger partial charge in [-0.15, -0.1) is 0 Å². The maximum atomic E-state index is 11.2. The lowest BCUT2D eigenvalue weighted by molar-refractivity contribution is 0.666. The second kappa shape index (κ2) is 3.15. The molecule has 1 nitrogen and oxygen atoms in total. The summed E-state index contributed by atoms with van der Waals surface area (Å²) in [5.41, 5.74) is 0. The third kappa shape index (κ3) is 3.36. The van der Waals surface area contributed by atoms with Crippen molar-refractivity contribution in [2.24, 2.45) is 0 Å². The predicted octanol–water partition coefficient (Wildman–Crippen LogP) is 2.27. The van der Waals surface area contributed by atoms with Gasteiger partial charge in [0.15, 0.2) is 0 Å². The zero-order valence-electron chi connectivity index (χ0n) is 6.27. The van der Waals surface area contributed by atoms with E-state index in [-0.39, 0.29) is 8.91 Å². The highest BCUT2D eigenvalue weighted by Crippen LogP contribution is 2.23. The Hall–Kier alpha value is 0.630. The van der Waals surface area contributed by atoms with Gasteiger partial charge in [-0.2, -0.15) is 0 Å². The fourth-order valence-electron chi connectivity index (χ4n) is 0.560. The minimum atomic E-state index is -0.772. The third-order valence-electron chi connectivity index (χ3n) is 0.907. The van der Waals surface area contributed by atoms with E-state index >= 15 is 0 Å². The van der Waals surface area contributed by atoms with Crippen LogP contribution in [0.15, 0.2) is 0 Å². The highest BCUT2D eigenvalue weighted by Gasteiger charge is 2.23. The van der Waals surface area contributed by atoms with Gasteiger partial charge >= 0.3 is 0 Å². The third-order valence-corrected chi connectivity index (χ3v) is 3.68. The quantitative estimate of drug-likeness (QED) is 0.643. The van der Waals surface area contributed by atoms with Crippen LogP contribution in [-0.4, -0.2) is 13.1 Å². The van der Waals surface area contributed by atoms with Gasteiger partial charge in [-0.05, 0) is 13.8 Å². The number of alkyl halides is 1. The number of hydrogen-bond acceptors (Lipinski definition) is 1. The average Bonchev–Trinajstić information content (AvgIpc) is 1.62. The topological polar surface area (TPSA) is 17.1 Å². The molecule has 0 N–H and O–H groups in total. The summed E-state index contributed by atoms with van der Waals surface area (Å²) in [6.45, 7) is 7.75. The monoisotopic (exact) mass is 212 g/mol. The van der Waals surface area contributed by atoms with E-state index in [4.69, 9.17) is 0 Å². The molecule has 0 aromatic rings. The second-order valence-corrected chi connectivity index (χ2v) is 7.78. The van der Waals surface area contributed by atoms with E-state index in [0.717, 1.165) is 0 Å². The first-order valence-corrected chi connectivity index (χ1v) is 4.96. The minimum Gasteiger partial charge on any atom is -0.258 e. The molecular formula is C6H13BrOS. The first kappa shape index (κ1) is 9.63. The van der Waals surface area contributed by atoms with Crippen LogP contribution in [0.5, 0.6) is 0 Å². The lowest BCUT2D eigenvalue weighted by Gasteiger charge is -2.17. The van der Waals surface area contributed by atoms with Crippen LogP contribution in [0.25, 0.3) is 0 Å². The molecule has 3 heteroatoms. The normalized spacial score (nSPS) is 16.2. The molecule has 0 saturated carbocycles. The van der Waals surface area contributed by atoms with E-state index < -0.39 is 10.8 Å². The van der Waals surface area contributed by atoms with E-state index in [9.17, 15) is 4.21 Å². The van der Waals surface area contributed by atoms with Gasteiger partial charge in [0.2, 0.25) is 0 Å². The first-order valence-electron chi connectivity index (χ1n) is 2.95. The molecule has 0 aromatic carbocycles. The van der Waals surface area contributed by atoms with E-state index in [0.29, 0.717) is 0 Å². The SMILES string of the molecule is CC(C)S(=O)C(C)(C)Br. The summed E-state index contributed by atoms with van der Waals surface area (Å²) in [4.78, 5) is 0. The van der Waals surface area contributed by atoms with E-state index in [1.165, 1.54) is 0 Å². The molecule has 1 atom stereocenters. The molecule has 0 radical (unpaired) electrons. The Labute approximate surface area is 67.8 Å². The molecule has 0 rings (SSSR count). The molecule has 56 valence electrons. The Morgan fingerprint density at radius 3 is 1.78 bits per heavy atom. The standard InChI is InChI=1S/C6H13BrOS/c1-5(2)9(8)6(3,4)7/h5H,1-4H3. The Morgan fingerprint density at radius 2 is 1.78 bits per heavy atom. The van der Waals surface area contributed by atoms with E-state index in [2.05, 4.69) is 15.9 Å². The summed E-state index contributed by atoms with van der Waals surface area (Å²) in [7, 11) is -0.772. The average molecular weight is 213 g/mol. The molecule has 0 aromatic heterocycles. The molecule has 0 aliphatic heterocycles. The predicted molar refractivity (Wildman–Crippen MR) is 46.3 cm³/mol. The van der Waals surface area contributed by atoms with Crippen LogP contribution in [-0.2, 0) is 10.8 Å². The van der Waals surface area contributed by atoms with Crippen molar-refractivity contribution in [2.45, 2.75) is 36.6 Å². The summed E-state index contributed by atoms with van der Waals surface area (Å²) < 4.78 is 11.0. The molecule has 0 spiro atoms. The molecule has 0 bridgehead atoms. The van der Waals surface area contributed by atoms with Crippen molar-refractivity contribution in [3.8, 4) is 0 Å². The Kier molecular flexibility index (Phi) is 3.37. The smallest absolute Gasteiger partial charge is 0.0952 e. The van der Waals surface area contributed by atoms with Crippen molar-refractivity contribution >= 4 is 26.7 Å². The van der Waals surface area contributed by atoms with Crippen LogP contribution in [0.2, 0.25) is 0 Å². The zero-order valence-corrected chi connectivity index (χ0v) is 8.67. The summed E-state index contributed by atoms with van der Waals surface area (Å²) >= 11 is 3.34. The summed E-state index contributed by atoms with van der Waals surface area (Å²) in [6.07, 6.45) is 0. The van der Waals surface area contributed by atoms with Gasteiger partial charge < -0.3 is 0 Å².